The summed E-state index contributed by atoms with van der Waals surface area (Å²) in [5, 5.41) is 6.12. The molecule has 0 aliphatic heterocycles. The molecule has 2 N–H and O–H groups in total. The summed E-state index contributed by atoms with van der Waals surface area (Å²) in [6, 6.07) is 14.8. The molecule has 2 aromatic carbocycles. The van der Waals surface area contributed by atoms with Crippen LogP contribution in [-0.2, 0) is 0 Å². The molecule has 0 saturated carbocycles. The molecule has 0 atom stereocenters. The highest BCUT2D eigenvalue weighted by Gasteiger charge is 2.10. The van der Waals surface area contributed by atoms with Gasteiger partial charge < -0.3 is 20.1 Å². The number of pyridine rings is 1. The second-order valence-electron chi connectivity index (χ2n) is 6.33. The fourth-order valence-corrected chi connectivity index (χ4v) is 2.74. The van der Waals surface area contributed by atoms with Gasteiger partial charge in [-0.2, -0.15) is 0 Å². The highest BCUT2D eigenvalue weighted by molar-refractivity contribution is 6.04. The second kappa shape index (κ2) is 8.43. The van der Waals surface area contributed by atoms with E-state index < -0.39 is 0 Å². The third-order valence-corrected chi connectivity index (χ3v) is 4.53. The van der Waals surface area contributed by atoms with Crippen LogP contribution in [0.3, 0.4) is 0 Å². The molecule has 1 amide bonds. The Balaban J connectivity index is 1.71. The number of methoxy groups -OCH3 is 2. The Kier molecular flexibility index (Phi) is 5.79. The minimum Gasteiger partial charge on any atom is -0.493 e. The summed E-state index contributed by atoms with van der Waals surface area (Å²) < 4.78 is 10.5. The molecular formula is C22H23N3O3. The van der Waals surface area contributed by atoms with E-state index >= 15 is 0 Å². The fraction of sp³-hybridized carbons (Fsp3) is 0.182. The van der Waals surface area contributed by atoms with Gasteiger partial charge in [-0.25, -0.2) is 4.98 Å². The zero-order chi connectivity index (χ0) is 20.1. The van der Waals surface area contributed by atoms with E-state index in [1.807, 2.05) is 12.1 Å². The van der Waals surface area contributed by atoms with E-state index in [9.17, 15) is 4.79 Å². The maximum absolute atomic E-state index is 12.5. The first kappa shape index (κ1) is 19.2. The number of rotatable bonds is 6. The van der Waals surface area contributed by atoms with Crippen LogP contribution in [0.5, 0.6) is 11.5 Å². The molecule has 0 spiro atoms. The van der Waals surface area contributed by atoms with Gasteiger partial charge >= 0.3 is 0 Å². The van der Waals surface area contributed by atoms with E-state index in [1.165, 1.54) is 11.1 Å². The Hall–Kier alpha value is -3.54. The van der Waals surface area contributed by atoms with Gasteiger partial charge in [0.1, 0.15) is 5.82 Å². The minimum absolute atomic E-state index is 0.252. The second-order valence-corrected chi connectivity index (χ2v) is 6.33. The number of carbonyl (C=O) groups is 1. The van der Waals surface area contributed by atoms with Crippen molar-refractivity contribution in [3.63, 3.8) is 0 Å². The van der Waals surface area contributed by atoms with Crippen molar-refractivity contribution in [3.8, 4) is 11.5 Å². The predicted molar refractivity (Wildman–Crippen MR) is 111 cm³/mol. The zero-order valence-corrected chi connectivity index (χ0v) is 16.4. The van der Waals surface area contributed by atoms with Gasteiger partial charge in [0.15, 0.2) is 11.5 Å². The SMILES string of the molecule is COc1ccc(NC(=O)c2ccc(Nc3cccc(C)c3C)nc2)cc1OC. The Labute approximate surface area is 164 Å². The lowest BCUT2D eigenvalue weighted by molar-refractivity contribution is 0.102. The fourth-order valence-electron chi connectivity index (χ4n) is 2.74. The number of amides is 1. The molecule has 1 aromatic heterocycles. The number of hydrogen-bond donors (Lipinski definition) is 2. The average Bonchev–Trinajstić information content (AvgIpc) is 2.71. The van der Waals surface area contributed by atoms with Gasteiger partial charge in [-0.3, -0.25) is 4.79 Å². The van der Waals surface area contributed by atoms with Gasteiger partial charge in [-0.05, 0) is 55.3 Å². The number of carbonyl (C=O) groups excluding carboxylic acids is 1. The molecule has 3 rings (SSSR count). The predicted octanol–water partition coefficient (Wildman–Crippen LogP) is 4.71. The largest absolute Gasteiger partial charge is 0.493 e. The van der Waals surface area contributed by atoms with Crippen LogP contribution in [0.25, 0.3) is 0 Å². The van der Waals surface area contributed by atoms with Gasteiger partial charge in [0.25, 0.3) is 5.91 Å². The smallest absolute Gasteiger partial charge is 0.257 e. The summed E-state index contributed by atoms with van der Waals surface area (Å²) in [5.41, 5.74) is 4.44. The summed E-state index contributed by atoms with van der Waals surface area (Å²) in [6.07, 6.45) is 1.55. The van der Waals surface area contributed by atoms with E-state index in [4.69, 9.17) is 9.47 Å². The van der Waals surface area contributed by atoms with Crippen molar-refractivity contribution in [1.29, 1.82) is 0 Å². The maximum Gasteiger partial charge on any atom is 0.257 e. The number of nitrogens with one attached hydrogen (secondary N) is 2. The molecule has 0 radical (unpaired) electrons. The van der Waals surface area contributed by atoms with Gasteiger partial charge in [0, 0.05) is 23.6 Å². The number of hydrogen-bond acceptors (Lipinski definition) is 5. The van der Waals surface area contributed by atoms with E-state index in [1.54, 1.807) is 50.7 Å². The first-order valence-electron chi connectivity index (χ1n) is 8.84. The molecule has 1 heterocycles. The van der Waals surface area contributed by atoms with E-state index in [2.05, 4.69) is 35.5 Å². The molecule has 0 bridgehead atoms. The van der Waals surface area contributed by atoms with Crippen molar-refractivity contribution in [3.05, 3.63) is 71.4 Å². The third-order valence-electron chi connectivity index (χ3n) is 4.53. The van der Waals surface area contributed by atoms with Crippen LogP contribution in [0.15, 0.2) is 54.7 Å². The molecule has 0 fully saturated rings. The zero-order valence-electron chi connectivity index (χ0n) is 16.4. The molecule has 0 aliphatic carbocycles. The summed E-state index contributed by atoms with van der Waals surface area (Å²) in [4.78, 5) is 16.8. The third kappa shape index (κ3) is 4.23. The van der Waals surface area contributed by atoms with Crippen LogP contribution in [0, 0.1) is 13.8 Å². The van der Waals surface area contributed by atoms with Crippen molar-refractivity contribution in [2.24, 2.45) is 0 Å². The lowest BCUT2D eigenvalue weighted by Gasteiger charge is -2.12. The monoisotopic (exact) mass is 377 g/mol. The number of aryl methyl sites for hydroxylation is 1. The molecular weight excluding hydrogens is 354 g/mol. The normalized spacial score (nSPS) is 10.3. The van der Waals surface area contributed by atoms with E-state index in [0.29, 0.717) is 28.6 Å². The average molecular weight is 377 g/mol. The quantitative estimate of drug-likeness (QED) is 0.651. The molecule has 28 heavy (non-hydrogen) atoms. The summed E-state index contributed by atoms with van der Waals surface area (Å²) in [5.74, 6) is 1.57. The van der Waals surface area contributed by atoms with E-state index in [-0.39, 0.29) is 5.91 Å². The number of anilines is 3. The first-order valence-corrected chi connectivity index (χ1v) is 8.84. The van der Waals surface area contributed by atoms with Crippen molar-refractivity contribution < 1.29 is 14.3 Å². The Morgan fingerprint density at radius 2 is 1.75 bits per heavy atom. The van der Waals surface area contributed by atoms with Crippen LogP contribution < -0.4 is 20.1 Å². The number of aromatic nitrogens is 1. The van der Waals surface area contributed by atoms with Gasteiger partial charge in [-0.15, -0.1) is 0 Å². The van der Waals surface area contributed by atoms with Crippen LogP contribution in [0.1, 0.15) is 21.5 Å². The molecule has 0 unspecified atom stereocenters. The Morgan fingerprint density at radius 3 is 2.43 bits per heavy atom. The lowest BCUT2D eigenvalue weighted by Crippen LogP contribution is -2.12. The molecule has 0 saturated heterocycles. The molecule has 0 aliphatic rings. The highest BCUT2D eigenvalue weighted by Crippen LogP contribution is 2.30. The van der Waals surface area contributed by atoms with Gasteiger partial charge in [-0.1, -0.05) is 12.1 Å². The van der Waals surface area contributed by atoms with Crippen molar-refractivity contribution in [2.45, 2.75) is 13.8 Å². The summed E-state index contributed by atoms with van der Waals surface area (Å²) in [6.45, 7) is 4.12. The molecule has 6 nitrogen and oxygen atoms in total. The van der Waals surface area contributed by atoms with E-state index in [0.717, 1.165) is 5.69 Å². The van der Waals surface area contributed by atoms with Crippen molar-refractivity contribution in [1.82, 2.24) is 4.98 Å². The minimum atomic E-state index is -0.252. The molecule has 3 aromatic rings. The molecule has 144 valence electrons. The Morgan fingerprint density at radius 1 is 0.964 bits per heavy atom. The first-order chi connectivity index (χ1) is 13.5. The van der Waals surface area contributed by atoms with Gasteiger partial charge in [0.2, 0.25) is 0 Å². The van der Waals surface area contributed by atoms with Crippen molar-refractivity contribution in [2.75, 3.05) is 24.9 Å². The summed E-state index contributed by atoms with van der Waals surface area (Å²) in [7, 11) is 3.12. The van der Waals surface area contributed by atoms with Crippen LogP contribution in [-0.4, -0.2) is 25.1 Å². The number of nitrogens with zero attached hydrogens (tertiary/aromatic N) is 1. The standard InChI is InChI=1S/C22H23N3O3/c1-14-6-5-7-18(15(14)2)25-21-11-8-16(13-23-21)22(26)24-17-9-10-19(27-3)20(12-17)28-4/h5-13H,1-4H3,(H,23,25)(H,24,26). The summed E-state index contributed by atoms with van der Waals surface area (Å²) >= 11 is 0. The topological polar surface area (TPSA) is 72.5 Å². The van der Waals surface area contributed by atoms with Crippen LogP contribution in [0.2, 0.25) is 0 Å². The highest BCUT2D eigenvalue weighted by atomic mass is 16.5. The number of ether oxygens (including phenoxy) is 2. The van der Waals surface area contributed by atoms with Crippen molar-refractivity contribution >= 4 is 23.1 Å². The maximum atomic E-state index is 12.5. The van der Waals surface area contributed by atoms with Crippen LogP contribution >= 0.6 is 0 Å². The molecule has 6 heteroatoms. The lowest BCUT2D eigenvalue weighted by atomic mass is 10.1. The number of benzene rings is 2. The van der Waals surface area contributed by atoms with Gasteiger partial charge in [0.05, 0.1) is 19.8 Å². The Bertz CT molecular complexity index is 985. The van der Waals surface area contributed by atoms with Crippen LogP contribution in [0.4, 0.5) is 17.2 Å².